The van der Waals surface area contributed by atoms with Crippen LogP contribution in [0.15, 0.2) is 41.0 Å². The summed E-state index contributed by atoms with van der Waals surface area (Å²) in [4.78, 5) is 26.7. The predicted octanol–water partition coefficient (Wildman–Crippen LogP) is 1.81. The lowest BCUT2D eigenvalue weighted by atomic mass is 10.0. The Kier molecular flexibility index (Phi) is 7.13. The van der Waals surface area contributed by atoms with E-state index in [4.69, 9.17) is 13.9 Å². The average molecular weight is 401 g/mol. The number of carbonyl (C=O) groups is 2. The van der Waals surface area contributed by atoms with Crippen molar-refractivity contribution in [3.05, 3.63) is 47.9 Å². The smallest absolute Gasteiger partial charge is 0.251 e. The van der Waals surface area contributed by atoms with E-state index in [1.807, 2.05) is 6.07 Å². The van der Waals surface area contributed by atoms with Crippen LogP contribution in [0, 0.1) is 0 Å². The summed E-state index contributed by atoms with van der Waals surface area (Å²) in [7, 11) is 3.10. The summed E-state index contributed by atoms with van der Waals surface area (Å²) in [5.41, 5.74) is 0.530. The van der Waals surface area contributed by atoms with Crippen molar-refractivity contribution < 1.29 is 23.5 Å². The van der Waals surface area contributed by atoms with E-state index in [2.05, 4.69) is 15.5 Å². The summed E-state index contributed by atoms with van der Waals surface area (Å²) in [6, 6.07) is 8.81. The first kappa shape index (κ1) is 20.7. The number of rotatable bonds is 8. The van der Waals surface area contributed by atoms with Gasteiger partial charge in [0.1, 0.15) is 5.76 Å². The highest BCUT2D eigenvalue weighted by Crippen LogP contribution is 2.27. The van der Waals surface area contributed by atoms with Gasteiger partial charge in [-0.25, -0.2) is 0 Å². The molecule has 2 aromatic rings. The zero-order chi connectivity index (χ0) is 20.6. The minimum atomic E-state index is -0.138. The first-order chi connectivity index (χ1) is 14.1. The third-order valence-electron chi connectivity index (χ3n) is 4.98. The molecule has 0 saturated carbocycles. The Morgan fingerprint density at radius 2 is 1.90 bits per heavy atom. The van der Waals surface area contributed by atoms with E-state index in [-0.39, 0.29) is 17.9 Å². The Bertz CT molecular complexity index is 814. The number of amides is 2. The number of furan rings is 1. The van der Waals surface area contributed by atoms with E-state index in [1.54, 1.807) is 44.7 Å². The van der Waals surface area contributed by atoms with Gasteiger partial charge >= 0.3 is 0 Å². The molecule has 29 heavy (non-hydrogen) atoms. The number of carbonyl (C=O) groups excluding carboxylic acids is 2. The molecule has 0 radical (unpaired) electrons. The van der Waals surface area contributed by atoms with E-state index in [9.17, 15) is 9.59 Å². The second-order valence-corrected chi connectivity index (χ2v) is 6.95. The van der Waals surface area contributed by atoms with Gasteiger partial charge < -0.3 is 24.5 Å². The van der Waals surface area contributed by atoms with Gasteiger partial charge in [-0.3, -0.25) is 14.5 Å². The van der Waals surface area contributed by atoms with Crippen molar-refractivity contribution in [3.8, 4) is 11.5 Å². The lowest BCUT2D eigenvalue weighted by Gasteiger charge is -2.31. The van der Waals surface area contributed by atoms with Crippen molar-refractivity contribution in [1.82, 2.24) is 15.5 Å². The second-order valence-electron chi connectivity index (χ2n) is 6.95. The molecule has 2 N–H and O–H groups in total. The Morgan fingerprint density at radius 1 is 1.14 bits per heavy atom. The molecule has 0 bridgehead atoms. The Labute approximate surface area is 170 Å². The SMILES string of the molecule is COc1ccc(C(=O)NC2CCN(CC(=O)NCc3ccco3)CC2)cc1OC. The molecule has 156 valence electrons. The molecule has 0 aliphatic carbocycles. The largest absolute Gasteiger partial charge is 0.493 e. The van der Waals surface area contributed by atoms with Gasteiger partial charge in [0, 0.05) is 24.7 Å². The topological polar surface area (TPSA) is 93.0 Å². The average Bonchev–Trinajstić information content (AvgIpc) is 3.27. The fraction of sp³-hybridized carbons (Fsp3) is 0.429. The number of piperidine rings is 1. The van der Waals surface area contributed by atoms with Gasteiger partial charge in [-0.2, -0.15) is 0 Å². The fourth-order valence-corrected chi connectivity index (χ4v) is 3.34. The molecule has 1 aromatic heterocycles. The molecule has 0 spiro atoms. The number of methoxy groups -OCH3 is 2. The summed E-state index contributed by atoms with van der Waals surface area (Å²) in [6.07, 6.45) is 3.18. The number of benzene rings is 1. The number of hydrogen-bond donors (Lipinski definition) is 2. The summed E-state index contributed by atoms with van der Waals surface area (Å²) in [5, 5.41) is 5.92. The van der Waals surface area contributed by atoms with Crippen LogP contribution in [0.3, 0.4) is 0 Å². The van der Waals surface area contributed by atoms with Gasteiger partial charge in [0.05, 0.1) is 33.6 Å². The normalized spacial score (nSPS) is 15.0. The van der Waals surface area contributed by atoms with Gasteiger partial charge in [0.25, 0.3) is 5.91 Å². The van der Waals surface area contributed by atoms with Crippen LogP contribution in [0.25, 0.3) is 0 Å². The van der Waals surface area contributed by atoms with E-state index < -0.39 is 0 Å². The first-order valence-corrected chi connectivity index (χ1v) is 9.63. The summed E-state index contributed by atoms with van der Waals surface area (Å²) in [5.74, 6) is 1.67. The zero-order valence-corrected chi connectivity index (χ0v) is 16.8. The maximum atomic E-state index is 12.5. The fourth-order valence-electron chi connectivity index (χ4n) is 3.34. The molecule has 2 amide bonds. The lowest BCUT2D eigenvalue weighted by molar-refractivity contribution is -0.122. The Balaban J connectivity index is 1.42. The van der Waals surface area contributed by atoms with Gasteiger partial charge in [0.2, 0.25) is 5.91 Å². The summed E-state index contributed by atoms with van der Waals surface area (Å²) in [6.45, 7) is 2.25. The van der Waals surface area contributed by atoms with Crippen LogP contribution in [0.5, 0.6) is 11.5 Å². The van der Waals surface area contributed by atoms with E-state index >= 15 is 0 Å². The van der Waals surface area contributed by atoms with E-state index in [0.717, 1.165) is 31.7 Å². The van der Waals surface area contributed by atoms with Crippen LogP contribution in [-0.2, 0) is 11.3 Å². The third-order valence-corrected chi connectivity index (χ3v) is 4.98. The van der Waals surface area contributed by atoms with Crippen molar-refractivity contribution in [1.29, 1.82) is 0 Å². The highest BCUT2D eigenvalue weighted by molar-refractivity contribution is 5.95. The molecule has 1 aromatic carbocycles. The molecule has 1 fully saturated rings. The standard InChI is InChI=1S/C21H27N3O5/c1-27-18-6-5-15(12-19(18)28-2)21(26)23-16-7-9-24(10-8-16)14-20(25)22-13-17-4-3-11-29-17/h3-6,11-12,16H,7-10,13-14H2,1-2H3,(H,22,25)(H,23,26). The predicted molar refractivity (Wildman–Crippen MR) is 107 cm³/mol. The molecule has 1 aliphatic rings. The number of nitrogens with zero attached hydrogens (tertiary/aromatic N) is 1. The van der Waals surface area contributed by atoms with Crippen LogP contribution in [0.2, 0.25) is 0 Å². The second kappa shape index (κ2) is 9.97. The highest BCUT2D eigenvalue weighted by Gasteiger charge is 2.23. The molecule has 1 aliphatic heterocycles. The molecular weight excluding hydrogens is 374 g/mol. The van der Waals surface area contributed by atoms with Crippen molar-refractivity contribution in [2.75, 3.05) is 33.9 Å². The zero-order valence-electron chi connectivity index (χ0n) is 16.8. The maximum absolute atomic E-state index is 12.5. The maximum Gasteiger partial charge on any atom is 0.251 e. The Morgan fingerprint density at radius 3 is 2.55 bits per heavy atom. The monoisotopic (exact) mass is 401 g/mol. The van der Waals surface area contributed by atoms with Gasteiger partial charge in [-0.1, -0.05) is 0 Å². The minimum absolute atomic E-state index is 0.0331. The van der Waals surface area contributed by atoms with E-state index in [1.165, 1.54) is 0 Å². The third kappa shape index (κ3) is 5.74. The summed E-state index contributed by atoms with van der Waals surface area (Å²) >= 11 is 0. The number of hydrogen-bond acceptors (Lipinski definition) is 6. The lowest BCUT2D eigenvalue weighted by Crippen LogP contribution is -2.47. The van der Waals surface area contributed by atoms with Crippen molar-refractivity contribution in [2.45, 2.75) is 25.4 Å². The quantitative estimate of drug-likeness (QED) is 0.701. The Hall–Kier alpha value is -3.00. The molecule has 3 rings (SSSR count). The first-order valence-electron chi connectivity index (χ1n) is 9.63. The molecule has 1 saturated heterocycles. The van der Waals surface area contributed by atoms with Crippen LogP contribution >= 0.6 is 0 Å². The molecule has 8 heteroatoms. The number of likely N-dealkylation sites (tertiary alicyclic amines) is 1. The molecular formula is C21H27N3O5. The van der Waals surface area contributed by atoms with E-state index in [0.29, 0.717) is 30.2 Å². The highest BCUT2D eigenvalue weighted by atomic mass is 16.5. The van der Waals surface area contributed by atoms with Crippen LogP contribution < -0.4 is 20.1 Å². The van der Waals surface area contributed by atoms with Crippen LogP contribution in [0.1, 0.15) is 29.0 Å². The van der Waals surface area contributed by atoms with Crippen LogP contribution in [0.4, 0.5) is 0 Å². The number of ether oxygens (including phenoxy) is 2. The minimum Gasteiger partial charge on any atom is -0.493 e. The number of nitrogens with one attached hydrogen (secondary N) is 2. The summed E-state index contributed by atoms with van der Waals surface area (Å²) < 4.78 is 15.7. The van der Waals surface area contributed by atoms with Crippen molar-refractivity contribution in [3.63, 3.8) is 0 Å². The van der Waals surface area contributed by atoms with Gasteiger partial charge in [-0.05, 0) is 43.2 Å². The van der Waals surface area contributed by atoms with Crippen molar-refractivity contribution >= 4 is 11.8 Å². The molecule has 2 heterocycles. The van der Waals surface area contributed by atoms with Gasteiger partial charge in [0.15, 0.2) is 11.5 Å². The molecule has 0 atom stereocenters. The van der Waals surface area contributed by atoms with Crippen LogP contribution in [-0.4, -0.2) is 56.6 Å². The van der Waals surface area contributed by atoms with Gasteiger partial charge in [-0.15, -0.1) is 0 Å². The van der Waals surface area contributed by atoms with Crippen molar-refractivity contribution in [2.24, 2.45) is 0 Å². The molecule has 8 nitrogen and oxygen atoms in total. The molecule has 0 unspecified atom stereocenters.